The SMILES string of the molecule is C=CC.CC1CCC(C(C)C)C(O)C1. The van der Waals surface area contributed by atoms with E-state index in [0.29, 0.717) is 11.8 Å². The molecule has 0 heterocycles. The van der Waals surface area contributed by atoms with Crippen LogP contribution in [0.4, 0.5) is 0 Å². The van der Waals surface area contributed by atoms with E-state index in [2.05, 4.69) is 27.4 Å². The Bertz CT molecular complexity index is 151. The first-order valence-electron chi connectivity index (χ1n) is 5.78. The molecule has 1 saturated carbocycles. The first kappa shape index (κ1) is 13.7. The molecule has 0 saturated heterocycles. The number of rotatable bonds is 1. The normalized spacial score (nSPS) is 32.0. The molecule has 0 aromatic heterocycles. The highest BCUT2D eigenvalue weighted by molar-refractivity contribution is 4.79. The Hall–Kier alpha value is -0.300. The van der Waals surface area contributed by atoms with E-state index >= 15 is 0 Å². The van der Waals surface area contributed by atoms with Crippen molar-refractivity contribution in [3.05, 3.63) is 12.7 Å². The van der Waals surface area contributed by atoms with E-state index in [0.717, 1.165) is 12.3 Å². The van der Waals surface area contributed by atoms with E-state index in [1.807, 2.05) is 6.92 Å². The van der Waals surface area contributed by atoms with Crippen molar-refractivity contribution in [3.8, 4) is 0 Å². The molecule has 1 heteroatoms. The highest BCUT2D eigenvalue weighted by Gasteiger charge is 2.28. The smallest absolute Gasteiger partial charge is 0.0573 e. The molecule has 0 spiro atoms. The van der Waals surface area contributed by atoms with Gasteiger partial charge in [0.1, 0.15) is 0 Å². The van der Waals surface area contributed by atoms with Gasteiger partial charge in [-0.05, 0) is 37.5 Å². The molecule has 3 atom stereocenters. The van der Waals surface area contributed by atoms with E-state index < -0.39 is 0 Å². The summed E-state index contributed by atoms with van der Waals surface area (Å²) >= 11 is 0. The fraction of sp³-hybridized carbons (Fsp3) is 0.846. The van der Waals surface area contributed by atoms with Gasteiger partial charge in [-0.25, -0.2) is 0 Å². The fourth-order valence-electron chi connectivity index (χ4n) is 2.15. The van der Waals surface area contributed by atoms with Crippen LogP contribution in [0.5, 0.6) is 0 Å². The zero-order chi connectivity index (χ0) is 11.1. The van der Waals surface area contributed by atoms with Gasteiger partial charge in [0.25, 0.3) is 0 Å². The Morgan fingerprint density at radius 2 is 1.86 bits per heavy atom. The van der Waals surface area contributed by atoms with Gasteiger partial charge < -0.3 is 5.11 Å². The topological polar surface area (TPSA) is 20.2 Å². The maximum Gasteiger partial charge on any atom is 0.0573 e. The quantitative estimate of drug-likeness (QED) is 0.638. The lowest BCUT2D eigenvalue weighted by Crippen LogP contribution is -2.31. The molecule has 0 radical (unpaired) electrons. The molecule has 1 nitrogen and oxygen atoms in total. The largest absolute Gasteiger partial charge is 0.393 e. The highest BCUT2D eigenvalue weighted by Crippen LogP contribution is 2.33. The van der Waals surface area contributed by atoms with Gasteiger partial charge in [0, 0.05) is 0 Å². The minimum Gasteiger partial charge on any atom is -0.393 e. The molecular weight excluding hydrogens is 172 g/mol. The Kier molecular flexibility index (Phi) is 6.90. The molecule has 0 aliphatic heterocycles. The lowest BCUT2D eigenvalue weighted by molar-refractivity contribution is 0.0266. The Labute approximate surface area is 89.2 Å². The van der Waals surface area contributed by atoms with Crippen molar-refractivity contribution in [2.24, 2.45) is 17.8 Å². The summed E-state index contributed by atoms with van der Waals surface area (Å²) in [6.45, 7) is 11.9. The van der Waals surface area contributed by atoms with Gasteiger partial charge in [-0.15, -0.1) is 6.58 Å². The van der Waals surface area contributed by atoms with Crippen LogP contribution in [0, 0.1) is 17.8 Å². The van der Waals surface area contributed by atoms with Gasteiger partial charge in [-0.3, -0.25) is 0 Å². The summed E-state index contributed by atoms with van der Waals surface area (Å²) < 4.78 is 0. The van der Waals surface area contributed by atoms with Crippen LogP contribution in [0.3, 0.4) is 0 Å². The Morgan fingerprint density at radius 1 is 1.36 bits per heavy atom. The summed E-state index contributed by atoms with van der Waals surface area (Å²) in [5.74, 6) is 1.95. The first-order chi connectivity index (χ1) is 6.52. The zero-order valence-electron chi connectivity index (χ0n) is 10.2. The summed E-state index contributed by atoms with van der Waals surface area (Å²) in [6, 6.07) is 0. The molecule has 1 rings (SSSR count). The molecule has 1 fully saturated rings. The van der Waals surface area contributed by atoms with E-state index in [1.54, 1.807) is 6.08 Å². The third-order valence-corrected chi connectivity index (χ3v) is 2.99. The number of hydrogen-bond donors (Lipinski definition) is 1. The molecule has 0 bridgehead atoms. The van der Waals surface area contributed by atoms with Crippen LogP contribution in [-0.2, 0) is 0 Å². The molecule has 1 aliphatic rings. The van der Waals surface area contributed by atoms with Crippen LogP contribution in [-0.4, -0.2) is 11.2 Å². The third-order valence-electron chi connectivity index (χ3n) is 2.99. The van der Waals surface area contributed by atoms with Crippen LogP contribution in [0.25, 0.3) is 0 Å². The first-order valence-corrected chi connectivity index (χ1v) is 5.78. The molecule has 3 unspecified atom stereocenters. The van der Waals surface area contributed by atoms with Gasteiger partial charge in [-0.2, -0.15) is 0 Å². The average molecular weight is 198 g/mol. The minimum atomic E-state index is -0.0289. The molecule has 1 N–H and O–H groups in total. The minimum absolute atomic E-state index is 0.0289. The molecule has 0 aromatic rings. The molecule has 0 amide bonds. The van der Waals surface area contributed by atoms with Crippen molar-refractivity contribution >= 4 is 0 Å². The second kappa shape index (κ2) is 7.05. The number of allylic oxidation sites excluding steroid dienone is 1. The summed E-state index contributed by atoms with van der Waals surface area (Å²) in [5.41, 5.74) is 0. The van der Waals surface area contributed by atoms with Crippen molar-refractivity contribution in [3.63, 3.8) is 0 Å². The van der Waals surface area contributed by atoms with Crippen molar-refractivity contribution in [2.75, 3.05) is 0 Å². The van der Waals surface area contributed by atoms with Crippen LogP contribution in [0.1, 0.15) is 47.0 Å². The van der Waals surface area contributed by atoms with Crippen LogP contribution in [0.2, 0.25) is 0 Å². The summed E-state index contributed by atoms with van der Waals surface area (Å²) in [7, 11) is 0. The maximum absolute atomic E-state index is 9.71. The second-order valence-electron chi connectivity index (χ2n) is 4.80. The molecule has 84 valence electrons. The molecule has 1 aliphatic carbocycles. The average Bonchev–Trinajstić information content (AvgIpc) is 2.04. The Morgan fingerprint density at radius 3 is 2.21 bits per heavy atom. The third kappa shape index (κ3) is 4.80. The predicted octanol–water partition coefficient (Wildman–Crippen LogP) is 3.63. The highest BCUT2D eigenvalue weighted by atomic mass is 16.3. The standard InChI is InChI=1S/C10H20O.C3H6/c1-7(2)9-5-4-8(3)6-10(9)11;1-3-2/h7-11H,4-6H2,1-3H3;3H,1H2,2H3. The monoisotopic (exact) mass is 198 g/mol. The van der Waals surface area contributed by atoms with Gasteiger partial charge >= 0.3 is 0 Å². The van der Waals surface area contributed by atoms with Gasteiger partial charge in [-0.1, -0.05) is 33.3 Å². The summed E-state index contributed by atoms with van der Waals surface area (Å²) in [6.07, 6.45) is 5.27. The van der Waals surface area contributed by atoms with Gasteiger partial charge in [0.15, 0.2) is 0 Å². The summed E-state index contributed by atoms with van der Waals surface area (Å²) in [4.78, 5) is 0. The maximum atomic E-state index is 9.71. The number of aliphatic hydroxyl groups excluding tert-OH is 1. The van der Waals surface area contributed by atoms with E-state index in [-0.39, 0.29) is 6.10 Å². The van der Waals surface area contributed by atoms with Crippen molar-refractivity contribution < 1.29 is 5.11 Å². The van der Waals surface area contributed by atoms with Crippen molar-refractivity contribution in [1.29, 1.82) is 0 Å². The van der Waals surface area contributed by atoms with Gasteiger partial charge in [0.05, 0.1) is 6.10 Å². The molecule has 14 heavy (non-hydrogen) atoms. The fourth-order valence-corrected chi connectivity index (χ4v) is 2.15. The van der Waals surface area contributed by atoms with Crippen molar-refractivity contribution in [2.45, 2.75) is 53.1 Å². The van der Waals surface area contributed by atoms with E-state index in [4.69, 9.17) is 0 Å². The van der Waals surface area contributed by atoms with Crippen LogP contribution in [0.15, 0.2) is 12.7 Å². The lowest BCUT2D eigenvalue weighted by Gasteiger charge is -2.33. The Balaban J connectivity index is 0.000000500. The number of hydrogen-bond acceptors (Lipinski definition) is 1. The molecule has 0 aromatic carbocycles. The molecular formula is C13H26O. The van der Waals surface area contributed by atoms with E-state index in [1.165, 1.54) is 12.8 Å². The van der Waals surface area contributed by atoms with E-state index in [9.17, 15) is 5.11 Å². The predicted molar refractivity (Wildman–Crippen MR) is 63.2 cm³/mol. The summed E-state index contributed by atoms with van der Waals surface area (Å²) in [5, 5.41) is 9.71. The van der Waals surface area contributed by atoms with Gasteiger partial charge in [0.2, 0.25) is 0 Å². The van der Waals surface area contributed by atoms with Crippen LogP contribution < -0.4 is 0 Å². The lowest BCUT2D eigenvalue weighted by atomic mass is 9.75. The second-order valence-corrected chi connectivity index (χ2v) is 4.80. The van der Waals surface area contributed by atoms with Crippen molar-refractivity contribution in [1.82, 2.24) is 0 Å². The zero-order valence-corrected chi connectivity index (χ0v) is 10.2. The number of aliphatic hydroxyl groups is 1. The van der Waals surface area contributed by atoms with Crippen LogP contribution >= 0.6 is 0 Å².